The Morgan fingerprint density at radius 2 is 2.25 bits per heavy atom. The third-order valence-electron chi connectivity index (χ3n) is 1.63. The minimum absolute atomic E-state index is 0.287. The van der Waals surface area contributed by atoms with Crippen LogP contribution in [0.25, 0.3) is 0 Å². The minimum Gasteiger partial charge on any atom is -0.465 e. The summed E-state index contributed by atoms with van der Waals surface area (Å²) in [5.74, 6) is 0.724. The first-order chi connectivity index (χ1) is 5.79. The molecule has 1 aromatic heterocycles. The van der Waals surface area contributed by atoms with E-state index in [1.54, 1.807) is 32.6 Å². The number of methoxy groups -OCH3 is 1. The van der Waals surface area contributed by atoms with E-state index in [4.69, 9.17) is 14.0 Å². The summed E-state index contributed by atoms with van der Waals surface area (Å²) in [6.07, 6.45) is 1.31. The van der Waals surface area contributed by atoms with Crippen LogP contribution in [0.2, 0.25) is 0 Å². The molecule has 1 heterocycles. The summed E-state index contributed by atoms with van der Waals surface area (Å²) >= 11 is 0. The highest BCUT2D eigenvalue weighted by Crippen LogP contribution is 2.19. The average Bonchev–Trinajstić information content (AvgIpc) is 2.58. The van der Waals surface area contributed by atoms with Crippen molar-refractivity contribution in [2.45, 2.75) is 6.23 Å². The predicted octanol–water partition coefficient (Wildman–Crippen LogP) is 1.42. The number of rotatable bonds is 4. The Morgan fingerprint density at radius 1 is 1.50 bits per heavy atom. The molecule has 0 amide bonds. The predicted molar refractivity (Wildman–Crippen MR) is 43.2 cm³/mol. The monoisotopic (exact) mass is 171 g/mol. The summed E-state index contributed by atoms with van der Waals surface area (Å²) in [4.78, 5) is 4.98. The molecule has 0 bridgehead atoms. The summed E-state index contributed by atoms with van der Waals surface area (Å²) in [6.45, 7) is 0. The van der Waals surface area contributed by atoms with E-state index in [-0.39, 0.29) is 6.23 Å². The van der Waals surface area contributed by atoms with Crippen LogP contribution in [0.15, 0.2) is 22.8 Å². The lowest BCUT2D eigenvalue weighted by Gasteiger charge is -2.21. The van der Waals surface area contributed by atoms with Crippen LogP contribution in [0.1, 0.15) is 12.0 Å². The van der Waals surface area contributed by atoms with E-state index in [9.17, 15) is 0 Å². The second-order valence-electron chi connectivity index (χ2n) is 2.33. The molecule has 0 fully saturated rings. The van der Waals surface area contributed by atoms with Crippen molar-refractivity contribution in [3.05, 3.63) is 24.2 Å². The minimum atomic E-state index is -0.287. The van der Waals surface area contributed by atoms with Gasteiger partial charge in [0.15, 0.2) is 6.23 Å². The second-order valence-corrected chi connectivity index (χ2v) is 2.33. The van der Waals surface area contributed by atoms with Gasteiger partial charge in [-0.05, 0) is 12.1 Å². The van der Waals surface area contributed by atoms with Crippen LogP contribution in [0.5, 0.6) is 0 Å². The molecule has 0 spiro atoms. The van der Waals surface area contributed by atoms with Crippen LogP contribution in [0.3, 0.4) is 0 Å². The van der Waals surface area contributed by atoms with Gasteiger partial charge in [0, 0.05) is 14.2 Å². The smallest absolute Gasteiger partial charge is 0.190 e. The molecular weight excluding hydrogens is 158 g/mol. The first-order valence-electron chi connectivity index (χ1n) is 3.62. The topological polar surface area (TPSA) is 34.8 Å². The van der Waals surface area contributed by atoms with Crippen LogP contribution in [-0.4, -0.2) is 26.3 Å². The zero-order valence-corrected chi connectivity index (χ0v) is 7.48. The van der Waals surface area contributed by atoms with Gasteiger partial charge in [-0.3, -0.25) is 4.84 Å². The van der Waals surface area contributed by atoms with Crippen LogP contribution < -0.4 is 0 Å². The molecule has 0 aliphatic carbocycles. The lowest BCUT2D eigenvalue weighted by atomic mass is 10.4. The lowest BCUT2D eigenvalue weighted by Crippen LogP contribution is -2.24. The highest BCUT2D eigenvalue weighted by Gasteiger charge is 2.18. The van der Waals surface area contributed by atoms with Gasteiger partial charge in [0.25, 0.3) is 0 Å². The molecule has 0 saturated carbocycles. The SMILES string of the molecule is COC(c1ccco1)N(C)OC. The van der Waals surface area contributed by atoms with Crippen LogP contribution in [0.4, 0.5) is 0 Å². The van der Waals surface area contributed by atoms with Gasteiger partial charge in [-0.1, -0.05) is 0 Å². The van der Waals surface area contributed by atoms with Crippen molar-refractivity contribution in [2.24, 2.45) is 0 Å². The fourth-order valence-electron chi connectivity index (χ4n) is 0.971. The molecule has 1 atom stereocenters. The molecule has 4 nitrogen and oxygen atoms in total. The normalized spacial score (nSPS) is 13.7. The highest BCUT2D eigenvalue weighted by molar-refractivity contribution is 5.00. The summed E-state index contributed by atoms with van der Waals surface area (Å²) in [6, 6.07) is 3.65. The Balaban J connectivity index is 2.69. The molecule has 1 aromatic rings. The van der Waals surface area contributed by atoms with Gasteiger partial charge in [0.2, 0.25) is 0 Å². The first kappa shape index (κ1) is 9.25. The number of hydrogen-bond acceptors (Lipinski definition) is 4. The third-order valence-corrected chi connectivity index (χ3v) is 1.63. The van der Waals surface area contributed by atoms with Gasteiger partial charge < -0.3 is 9.15 Å². The summed E-state index contributed by atoms with van der Waals surface area (Å²) in [5.41, 5.74) is 0. The summed E-state index contributed by atoms with van der Waals surface area (Å²) in [5, 5.41) is 1.57. The number of furan rings is 1. The van der Waals surface area contributed by atoms with E-state index in [0.717, 1.165) is 5.76 Å². The van der Waals surface area contributed by atoms with Crippen LogP contribution in [0, 0.1) is 0 Å². The zero-order chi connectivity index (χ0) is 8.97. The van der Waals surface area contributed by atoms with Gasteiger partial charge in [0.1, 0.15) is 5.76 Å². The molecule has 0 saturated heterocycles. The Labute approximate surface area is 71.6 Å². The fourth-order valence-corrected chi connectivity index (χ4v) is 0.971. The van der Waals surface area contributed by atoms with Crippen LogP contribution in [-0.2, 0) is 9.57 Å². The quantitative estimate of drug-likeness (QED) is 0.507. The van der Waals surface area contributed by atoms with Crippen molar-refractivity contribution in [1.29, 1.82) is 0 Å². The molecule has 0 aliphatic rings. The van der Waals surface area contributed by atoms with Gasteiger partial charge in [-0.2, -0.15) is 5.06 Å². The summed E-state index contributed by atoms with van der Waals surface area (Å²) < 4.78 is 10.3. The van der Waals surface area contributed by atoms with E-state index in [1.807, 2.05) is 12.1 Å². The number of nitrogens with zero attached hydrogens (tertiary/aromatic N) is 1. The molecule has 12 heavy (non-hydrogen) atoms. The number of hydrogen-bond donors (Lipinski definition) is 0. The Hall–Kier alpha value is -0.840. The van der Waals surface area contributed by atoms with Crippen molar-refractivity contribution in [2.75, 3.05) is 21.3 Å². The van der Waals surface area contributed by atoms with Crippen molar-refractivity contribution >= 4 is 0 Å². The number of ether oxygens (including phenoxy) is 1. The van der Waals surface area contributed by atoms with Gasteiger partial charge in [-0.15, -0.1) is 0 Å². The fraction of sp³-hybridized carbons (Fsp3) is 0.500. The largest absolute Gasteiger partial charge is 0.465 e. The van der Waals surface area contributed by atoms with Gasteiger partial charge >= 0.3 is 0 Å². The van der Waals surface area contributed by atoms with Crippen molar-refractivity contribution in [3.8, 4) is 0 Å². The first-order valence-corrected chi connectivity index (χ1v) is 3.62. The second kappa shape index (κ2) is 4.25. The van der Waals surface area contributed by atoms with Gasteiger partial charge in [-0.25, -0.2) is 0 Å². The molecule has 4 heteroatoms. The molecule has 0 aromatic carbocycles. The molecule has 0 N–H and O–H groups in total. The van der Waals surface area contributed by atoms with E-state index >= 15 is 0 Å². The van der Waals surface area contributed by atoms with E-state index in [0.29, 0.717) is 0 Å². The molecule has 0 aliphatic heterocycles. The lowest BCUT2D eigenvalue weighted by molar-refractivity contribution is -0.222. The van der Waals surface area contributed by atoms with Crippen molar-refractivity contribution in [3.63, 3.8) is 0 Å². The molecule has 1 unspecified atom stereocenters. The van der Waals surface area contributed by atoms with E-state index in [2.05, 4.69) is 0 Å². The Bertz CT molecular complexity index is 210. The third kappa shape index (κ3) is 1.85. The Kier molecular flexibility index (Phi) is 3.28. The van der Waals surface area contributed by atoms with Crippen LogP contribution >= 0.6 is 0 Å². The summed E-state index contributed by atoms with van der Waals surface area (Å²) in [7, 11) is 4.95. The average molecular weight is 171 g/mol. The standard InChI is InChI=1S/C8H13NO3/c1-9(11-3)8(10-2)7-5-4-6-12-7/h4-6,8H,1-3H3. The van der Waals surface area contributed by atoms with E-state index < -0.39 is 0 Å². The van der Waals surface area contributed by atoms with E-state index in [1.165, 1.54) is 0 Å². The molecular formula is C8H13NO3. The van der Waals surface area contributed by atoms with Gasteiger partial charge in [0.05, 0.1) is 13.4 Å². The highest BCUT2D eigenvalue weighted by atomic mass is 16.7. The van der Waals surface area contributed by atoms with Crippen molar-refractivity contribution < 1.29 is 14.0 Å². The molecule has 0 radical (unpaired) electrons. The number of hydroxylamine groups is 2. The maximum Gasteiger partial charge on any atom is 0.190 e. The maximum absolute atomic E-state index is 5.16. The van der Waals surface area contributed by atoms with Crippen molar-refractivity contribution in [1.82, 2.24) is 5.06 Å². The zero-order valence-electron chi connectivity index (χ0n) is 7.48. The maximum atomic E-state index is 5.16. The molecule has 68 valence electrons. The molecule has 1 rings (SSSR count). The Morgan fingerprint density at radius 3 is 2.67 bits per heavy atom.